The highest BCUT2D eigenvalue weighted by atomic mass is 16.5. The summed E-state index contributed by atoms with van der Waals surface area (Å²) in [6.07, 6.45) is 1.22. The minimum absolute atomic E-state index is 0.0631. The number of benzene rings is 1. The number of amides is 1. The van der Waals surface area contributed by atoms with Crippen molar-refractivity contribution in [3.63, 3.8) is 0 Å². The average molecular weight is 352 g/mol. The maximum Gasteiger partial charge on any atom is 0.269 e. The number of aromatic nitrogens is 2. The Morgan fingerprint density at radius 3 is 2.46 bits per heavy atom. The number of methoxy groups -OCH3 is 1. The minimum Gasteiger partial charge on any atom is -0.497 e. The molecular weight excluding hydrogens is 336 g/mol. The van der Waals surface area contributed by atoms with Gasteiger partial charge in [0, 0.05) is 5.56 Å². The van der Waals surface area contributed by atoms with Crippen molar-refractivity contribution in [2.24, 2.45) is 0 Å². The van der Waals surface area contributed by atoms with Crippen molar-refractivity contribution in [2.45, 2.75) is 0 Å². The fraction of sp³-hybridized carbons (Fsp3) is 0.188. The van der Waals surface area contributed by atoms with E-state index < -0.39 is 5.91 Å². The van der Waals surface area contributed by atoms with Crippen LogP contribution in [0.1, 0.15) is 10.4 Å². The van der Waals surface area contributed by atoms with Crippen LogP contribution in [-0.4, -0.2) is 36.1 Å². The van der Waals surface area contributed by atoms with Gasteiger partial charge in [0.05, 0.1) is 19.2 Å². The highest BCUT2D eigenvalue weighted by Gasteiger charge is 2.15. The molecule has 132 valence electrons. The van der Waals surface area contributed by atoms with Crippen LogP contribution in [0.3, 0.4) is 0 Å². The highest BCUT2D eigenvalue weighted by molar-refractivity contribution is 5.95. The predicted octanol–water partition coefficient (Wildman–Crippen LogP) is 0.678. The first-order chi connectivity index (χ1) is 12.6. The van der Waals surface area contributed by atoms with Gasteiger partial charge in [-0.2, -0.15) is 10.5 Å². The molecule has 0 bridgehead atoms. The lowest BCUT2D eigenvalue weighted by Gasteiger charge is -2.20. The number of hydrogen-bond donors (Lipinski definition) is 3. The standard InChI is InChI=1S/C16H16N8O2/c1-26-12-4-2-11(3-5-12)16(25)23-22-14-13(19)15(21-10-20-14)24(8-6-17)9-7-18/h2-5,10H,8-9,19H2,1H3,(H,23,25)(H,20,21,22). The van der Waals surface area contributed by atoms with E-state index in [0.717, 1.165) is 0 Å². The molecule has 2 aromatic rings. The maximum atomic E-state index is 12.2. The quantitative estimate of drug-likeness (QED) is 0.482. The van der Waals surface area contributed by atoms with Gasteiger partial charge < -0.3 is 15.4 Å². The van der Waals surface area contributed by atoms with E-state index in [2.05, 4.69) is 20.8 Å². The summed E-state index contributed by atoms with van der Waals surface area (Å²) in [5.74, 6) is 0.606. The molecule has 0 aliphatic rings. The van der Waals surface area contributed by atoms with Crippen LogP contribution in [0.25, 0.3) is 0 Å². The zero-order valence-corrected chi connectivity index (χ0v) is 13.9. The van der Waals surface area contributed by atoms with Crippen molar-refractivity contribution < 1.29 is 9.53 Å². The van der Waals surface area contributed by atoms with Crippen molar-refractivity contribution in [3.05, 3.63) is 36.2 Å². The van der Waals surface area contributed by atoms with Gasteiger partial charge in [0.2, 0.25) is 0 Å². The number of nitrogens with two attached hydrogens (primary N) is 1. The Bertz CT molecular complexity index is 838. The van der Waals surface area contributed by atoms with Crippen LogP contribution in [0.5, 0.6) is 5.75 Å². The number of nitriles is 2. The minimum atomic E-state index is -0.405. The van der Waals surface area contributed by atoms with Crippen molar-refractivity contribution >= 4 is 23.2 Å². The van der Waals surface area contributed by atoms with E-state index in [1.54, 1.807) is 24.3 Å². The Labute approximate surface area is 149 Å². The predicted molar refractivity (Wildman–Crippen MR) is 94.0 cm³/mol. The van der Waals surface area contributed by atoms with Gasteiger partial charge in [-0.25, -0.2) is 9.97 Å². The molecule has 0 saturated heterocycles. The van der Waals surface area contributed by atoms with Crippen molar-refractivity contribution in [3.8, 4) is 17.9 Å². The van der Waals surface area contributed by atoms with E-state index in [0.29, 0.717) is 11.3 Å². The number of nitrogens with one attached hydrogen (secondary N) is 2. The normalized spacial score (nSPS) is 9.50. The fourth-order valence-electron chi connectivity index (χ4n) is 2.04. The van der Waals surface area contributed by atoms with Crippen LogP contribution in [0, 0.1) is 22.7 Å². The Hall–Kier alpha value is -4.05. The third-order valence-electron chi connectivity index (χ3n) is 3.33. The smallest absolute Gasteiger partial charge is 0.269 e. The lowest BCUT2D eigenvalue weighted by Crippen LogP contribution is -2.31. The van der Waals surface area contributed by atoms with Crippen LogP contribution in [0.4, 0.5) is 17.3 Å². The van der Waals surface area contributed by atoms with Gasteiger partial charge in [0.25, 0.3) is 5.91 Å². The van der Waals surface area contributed by atoms with Crippen LogP contribution < -0.4 is 26.2 Å². The Balaban J connectivity index is 2.12. The summed E-state index contributed by atoms with van der Waals surface area (Å²) in [6.45, 7) is -0.126. The summed E-state index contributed by atoms with van der Waals surface area (Å²) in [4.78, 5) is 21.5. The van der Waals surface area contributed by atoms with Gasteiger partial charge in [-0.3, -0.25) is 15.6 Å². The molecule has 1 heterocycles. The first-order valence-corrected chi connectivity index (χ1v) is 7.40. The topological polar surface area (TPSA) is 153 Å². The summed E-state index contributed by atoms with van der Waals surface area (Å²) < 4.78 is 5.04. The van der Waals surface area contributed by atoms with E-state index in [1.807, 2.05) is 12.1 Å². The molecule has 10 nitrogen and oxygen atoms in total. The van der Waals surface area contributed by atoms with Gasteiger partial charge in [-0.15, -0.1) is 0 Å². The van der Waals surface area contributed by atoms with Gasteiger partial charge in [-0.1, -0.05) is 0 Å². The van der Waals surface area contributed by atoms with Gasteiger partial charge >= 0.3 is 0 Å². The molecule has 1 amide bonds. The zero-order chi connectivity index (χ0) is 18.9. The number of hydrazine groups is 1. The molecule has 1 aromatic heterocycles. The van der Waals surface area contributed by atoms with Crippen LogP contribution >= 0.6 is 0 Å². The third kappa shape index (κ3) is 4.27. The molecule has 10 heteroatoms. The zero-order valence-electron chi connectivity index (χ0n) is 13.9. The Morgan fingerprint density at radius 1 is 1.23 bits per heavy atom. The number of carbonyl (C=O) groups is 1. The number of carbonyl (C=O) groups excluding carboxylic acids is 1. The number of nitrogen functional groups attached to an aromatic ring is 1. The molecule has 0 saturated carbocycles. The molecule has 0 unspecified atom stereocenters. The molecule has 1 aromatic carbocycles. The SMILES string of the molecule is COc1ccc(C(=O)NNc2ncnc(N(CC#N)CC#N)c2N)cc1. The number of nitrogens with zero attached hydrogens (tertiary/aromatic N) is 5. The molecule has 0 fully saturated rings. The van der Waals surface area contributed by atoms with Crippen LogP contribution in [-0.2, 0) is 0 Å². The number of rotatable bonds is 7. The van der Waals surface area contributed by atoms with E-state index >= 15 is 0 Å². The van der Waals surface area contributed by atoms with E-state index in [1.165, 1.54) is 18.3 Å². The summed E-state index contributed by atoms with van der Waals surface area (Å²) in [7, 11) is 1.54. The third-order valence-corrected chi connectivity index (χ3v) is 3.33. The second-order valence-electron chi connectivity index (χ2n) is 4.94. The van der Waals surface area contributed by atoms with E-state index in [-0.39, 0.29) is 30.4 Å². The maximum absolute atomic E-state index is 12.2. The molecule has 26 heavy (non-hydrogen) atoms. The molecule has 0 aliphatic heterocycles. The summed E-state index contributed by atoms with van der Waals surface area (Å²) >= 11 is 0. The molecule has 0 aliphatic carbocycles. The molecule has 0 radical (unpaired) electrons. The summed E-state index contributed by atoms with van der Waals surface area (Å²) in [5, 5.41) is 17.7. The summed E-state index contributed by atoms with van der Waals surface area (Å²) in [5.41, 5.74) is 11.6. The average Bonchev–Trinajstić information content (AvgIpc) is 2.67. The molecular formula is C16H16N8O2. The molecule has 0 spiro atoms. The first-order valence-electron chi connectivity index (χ1n) is 7.40. The van der Waals surface area contributed by atoms with Crippen LogP contribution in [0.2, 0.25) is 0 Å². The van der Waals surface area contributed by atoms with Gasteiger partial charge in [-0.05, 0) is 24.3 Å². The number of ether oxygens (including phenoxy) is 1. The van der Waals surface area contributed by atoms with Gasteiger partial charge in [0.15, 0.2) is 11.6 Å². The van der Waals surface area contributed by atoms with E-state index in [9.17, 15) is 4.79 Å². The second kappa shape index (κ2) is 8.70. The largest absolute Gasteiger partial charge is 0.497 e. The number of hydrogen-bond acceptors (Lipinski definition) is 9. The number of anilines is 3. The Morgan fingerprint density at radius 2 is 1.88 bits per heavy atom. The Kier molecular flexibility index (Phi) is 6.12. The molecule has 4 N–H and O–H groups in total. The lowest BCUT2D eigenvalue weighted by atomic mass is 10.2. The lowest BCUT2D eigenvalue weighted by molar-refractivity contribution is 0.0962. The van der Waals surface area contributed by atoms with Crippen molar-refractivity contribution in [2.75, 3.05) is 36.3 Å². The van der Waals surface area contributed by atoms with Crippen LogP contribution in [0.15, 0.2) is 30.6 Å². The highest BCUT2D eigenvalue weighted by Crippen LogP contribution is 2.25. The van der Waals surface area contributed by atoms with Crippen molar-refractivity contribution in [1.82, 2.24) is 15.4 Å². The van der Waals surface area contributed by atoms with Gasteiger partial charge in [0.1, 0.15) is 30.9 Å². The second-order valence-corrected chi connectivity index (χ2v) is 4.94. The van der Waals surface area contributed by atoms with Crippen molar-refractivity contribution in [1.29, 1.82) is 10.5 Å². The summed E-state index contributed by atoms with van der Waals surface area (Å²) in [6, 6.07) is 10.4. The molecule has 0 atom stereocenters. The molecule has 2 rings (SSSR count). The first kappa shape index (κ1) is 18.3. The fourth-order valence-corrected chi connectivity index (χ4v) is 2.04. The van der Waals surface area contributed by atoms with E-state index in [4.69, 9.17) is 21.0 Å². The monoisotopic (exact) mass is 352 g/mol.